The number of halogens is 1. The predicted molar refractivity (Wildman–Crippen MR) is 110 cm³/mol. The van der Waals surface area contributed by atoms with Crippen LogP contribution in [-0.2, 0) is 0 Å². The van der Waals surface area contributed by atoms with E-state index in [4.69, 9.17) is 0 Å². The molecule has 0 bridgehead atoms. The molecule has 0 radical (unpaired) electrons. The molecule has 1 aromatic heterocycles. The summed E-state index contributed by atoms with van der Waals surface area (Å²) in [5, 5.41) is 11.6. The van der Waals surface area contributed by atoms with E-state index < -0.39 is 17.3 Å². The van der Waals surface area contributed by atoms with Gasteiger partial charge in [-0.25, -0.2) is 14.3 Å². The van der Waals surface area contributed by atoms with Gasteiger partial charge in [0.1, 0.15) is 5.82 Å². The van der Waals surface area contributed by atoms with Gasteiger partial charge >= 0.3 is 6.03 Å². The molecule has 2 aromatic carbocycles. The number of carbonyl (C=O) groups excluding carboxylic acids is 2. The molecule has 0 unspecified atom stereocenters. The molecule has 3 N–H and O–H groups in total. The Bertz CT molecular complexity index is 1210. The van der Waals surface area contributed by atoms with Crippen molar-refractivity contribution in [1.29, 1.82) is 0 Å². The van der Waals surface area contributed by atoms with Crippen LogP contribution >= 0.6 is 0 Å². The number of urea groups is 1. The Morgan fingerprint density at radius 2 is 2.00 bits per heavy atom. The molecule has 1 aliphatic heterocycles. The van der Waals surface area contributed by atoms with Crippen LogP contribution in [0.4, 0.5) is 20.6 Å². The van der Waals surface area contributed by atoms with Crippen molar-refractivity contribution >= 4 is 23.3 Å². The van der Waals surface area contributed by atoms with E-state index in [0.717, 1.165) is 6.07 Å². The van der Waals surface area contributed by atoms with Crippen molar-refractivity contribution in [3.63, 3.8) is 0 Å². The predicted octanol–water partition coefficient (Wildman–Crippen LogP) is 2.67. The molecule has 3 amide bonds. The topological polar surface area (TPSA) is 107 Å². The van der Waals surface area contributed by atoms with Gasteiger partial charge in [0, 0.05) is 30.0 Å². The minimum absolute atomic E-state index is 0.0585. The lowest BCUT2D eigenvalue weighted by Gasteiger charge is -2.15. The molecule has 0 atom stereocenters. The van der Waals surface area contributed by atoms with Crippen LogP contribution in [0.2, 0.25) is 0 Å². The molecule has 0 spiro atoms. The normalized spacial score (nSPS) is 13.3. The van der Waals surface area contributed by atoms with Crippen LogP contribution < -0.4 is 21.1 Å². The van der Waals surface area contributed by atoms with Crippen LogP contribution in [0.1, 0.15) is 16.1 Å². The van der Waals surface area contributed by atoms with Gasteiger partial charge in [0.15, 0.2) is 0 Å². The average molecular weight is 407 g/mol. The van der Waals surface area contributed by atoms with Gasteiger partial charge in [0.25, 0.3) is 11.5 Å². The summed E-state index contributed by atoms with van der Waals surface area (Å²) in [6, 6.07) is 11.9. The Balaban J connectivity index is 1.61. The fourth-order valence-corrected chi connectivity index (χ4v) is 3.27. The molecule has 30 heavy (non-hydrogen) atoms. The van der Waals surface area contributed by atoms with E-state index in [1.165, 1.54) is 18.2 Å². The molecule has 1 aliphatic rings. The number of nitrogens with zero attached hydrogens (tertiary/aromatic N) is 2. The lowest BCUT2D eigenvalue weighted by molar-refractivity contribution is 0.102. The summed E-state index contributed by atoms with van der Waals surface area (Å²) in [7, 11) is 0. The summed E-state index contributed by atoms with van der Waals surface area (Å²) < 4.78 is 14.2. The molecule has 1 saturated heterocycles. The molecule has 9 heteroatoms. The first-order valence-electron chi connectivity index (χ1n) is 9.25. The van der Waals surface area contributed by atoms with Gasteiger partial charge in [-0.1, -0.05) is 6.07 Å². The van der Waals surface area contributed by atoms with E-state index in [1.807, 2.05) is 0 Å². The molecule has 0 aliphatic carbocycles. The summed E-state index contributed by atoms with van der Waals surface area (Å²) in [5.74, 6) is -1.19. The van der Waals surface area contributed by atoms with E-state index in [0.29, 0.717) is 30.2 Å². The van der Waals surface area contributed by atoms with E-state index in [1.54, 1.807) is 36.1 Å². The van der Waals surface area contributed by atoms with Crippen molar-refractivity contribution in [2.45, 2.75) is 6.92 Å². The molecule has 4 rings (SSSR count). The van der Waals surface area contributed by atoms with Gasteiger partial charge in [-0.2, -0.15) is 5.10 Å². The van der Waals surface area contributed by atoms with E-state index >= 15 is 0 Å². The number of aromatic nitrogens is 2. The average Bonchev–Trinajstić information content (AvgIpc) is 3.15. The van der Waals surface area contributed by atoms with Crippen LogP contribution in [0.25, 0.3) is 11.1 Å². The fraction of sp³-hybridized carbons (Fsp3) is 0.143. The highest BCUT2D eigenvalue weighted by atomic mass is 19.1. The Hall–Kier alpha value is -4.01. The first-order valence-corrected chi connectivity index (χ1v) is 9.25. The van der Waals surface area contributed by atoms with Gasteiger partial charge in [-0.15, -0.1) is 0 Å². The van der Waals surface area contributed by atoms with Crippen LogP contribution in [0.5, 0.6) is 0 Å². The van der Waals surface area contributed by atoms with Gasteiger partial charge in [-0.3, -0.25) is 14.5 Å². The molecule has 8 nitrogen and oxygen atoms in total. The third-order valence-electron chi connectivity index (χ3n) is 4.68. The number of rotatable bonds is 4. The Morgan fingerprint density at radius 3 is 2.77 bits per heavy atom. The molecule has 0 saturated carbocycles. The minimum Gasteiger partial charge on any atom is -0.336 e. The van der Waals surface area contributed by atoms with E-state index in [-0.39, 0.29) is 22.7 Å². The number of hydrogen-bond acceptors (Lipinski definition) is 4. The highest BCUT2D eigenvalue weighted by Gasteiger charge is 2.21. The van der Waals surface area contributed by atoms with Gasteiger partial charge in [-0.05, 0) is 55.0 Å². The van der Waals surface area contributed by atoms with E-state index in [9.17, 15) is 18.8 Å². The van der Waals surface area contributed by atoms with Crippen molar-refractivity contribution in [1.82, 2.24) is 15.5 Å². The second-order valence-corrected chi connectivity index (χ2v) is 6.87. The number of anilines is 2. The summed E-state index contributed by atoms with van der Waals surface area (Å²) in [4.78, 5) is 38.2. The standard InChI is InChI=1S/C21H18FN5O3/c1-12-7-18(20(29)26-25-12)13-8-14(10-15(22)9-13)19(28)24-16-3-2-4-17(11-16)27-6-5-23-21(27)30/h2-4,7-11H,5-6H2,1H3,(H,23,30)(H,24,28)(H,26,29). The highest BCUT2D eigenvalue weighted by Crippen LogP contribution is 2.23. The highest BCUT2D eigenvalue weighted by molar-refractivity contribution is 6.05. The summed E-state index contributed by atoms with van der Waals surface area (Å²) in [6.45, 7) is 2.78. The quantitative estimate of drug-likeness (QED) is 0.618. The first-order chi connectivity index (χ1) is 14.4. The summed E-state index contributed by atoms with van der Waals surface area (Å²) in [5.41, 5.74) is 1.73. The molecular formula is C21H18FN5O3. The molecular weight excluding hydrogens is 389 g/mol. The third kappa shape index (κ3) is 3.90. The number of nitrogens with one attached hydrogen (secondary N) is 3. The lowest BCUT2D eigenvalue weighted by Crippen LogP contribution is -2.27. The van der Waals surface area contributed by atoms with Crippen molar-refractivity contribution in [2.75, 3.05) is 23.3 Å². The molecule has 152 valence electrons. The summed E-state index contributed by atoms with van der Waals surface area (Å²) in [6.07, 6.45) is 0. The number of H-pyrrole nitrogens is 1. The van der Waals surface area contributed by atoms with Crippen LogP contribution in [0, 0.1) is 12.7 Å². The fourth-order valence-electron chi connectivity index (χ4n) is 3.27. The number of aryl methyl sites for hydroxylation is 1. The number of carbonyl (C=O) groups is 2. The third-order valence-corrected chi connectivity index (χ3v) is 4.68. The maximum atomic E-state index is 14.2. The maximum Gasteiger partial charge on any atom is 0.321 e. The van der Waals surface area contributed by atoms with Crippen molar-refractivity contribution in [2.24, 2.45) is 0 Å². The Kier molecular flexibility index (Phi) is 5.01. The lowest BCUT2D eigenvalue weighted by atomic mass is 10.0. The smallest absolute Gasteiger partial charge is 0.321 e. The largest absolute Gasteiger partial charge is 0.336 e. The Morgan fingerprint density at radius 1 is 1.17 bits per heavy atom. The van der Waals surface area contributed by atoms with Gasteiger partial charge < -0.3 is 10.6 Å². The first kappa shape index (κ1) is 19.3. The number of aromatic amines is 1. The summed E-state index contributed by atoms with van der Waals surface area (Å²) >= 11 is 0. The number of amides is 3. The maximum absolute atomic E-state index is 14.2. The molecule has 1 fully saturated rings. The molecule has 2 heterocycles. The SMILES string of the molecule is Cc1cc(-c2cc(F)cc(C(=O)Nc3cccc(N4CCNC4=O)c3)c2)c(=O)[nH]n1. The van der Waals surface area contributed by atoms with Gasteiger partial charge in [0.2, 0.25) is 0 Å². The van der Waals surface area contributed by atoms with Crippen LogP contribution in [0.15, 0.2) is 53.3 Å². The van der Waals surface area contributed by atoms with Crippen molar-refractivity contribution in [3.05, 3.63) is 76.0 Å². The van der Waals surface area contributed by atoms with Crippen LogP contribution in [-0.4, -0.2) is 35.2 Å². The second kappa shape index (κ2) is 7.78. The van der Waals surface area contributed by atoms with E-state index in [2.05, 4.69) is 20.8 Å². The van der Waals surface area contributed by atoms with Crippen molar-refractivity contribution in [3.8, 4) is 11.1 Å². The Labute approximate surface area is 170 Å². The minimum atomic E-state index is -0.644. The van der Waals surface area contributed by atoms with Crippen LogP contribution in [0.3, 0.4) is 0 Å². The monoisotopic (exact) mass is 407 g/mol. The number of benzene rings is 2. The van der Waals surface area contributed by atoms with Crippen molar-refractivity contribution < 1.29 is 14.0 Å². The zero-order valence-electron chi connectivity index (χ0n) is 16.0. The molecule has 3 aromatic rings. The number of hydrogen-bond donors (Lipinski definition) is 3. The van der Waals surface area contributed by atoms with Gasteiger partial charge in [0.05, 0.1) is 11.3 Å². The zero-order chi connectivity index (χ0) is 21.3. The zero-order valence-corrected chi connectivity index (χ0v) is 16.0. The second-order valence-electron chi connectivity index (χ2n) is 6.87.